The highest BCUT2D eigenvalue weighted by atomic mass is 19.1. The van der Waals surface area contributed by atoms with Gasteiger partial charge in [-0.2, -0.15) is 0 Å². The van der Waals surface area contributed by atoms with Crippen LogP contribution in [0, 0.1) is 5.82 Å². The Hall–Kier alpha value is -1.42. The Labute approximate surface area is 112 Å². The summed E-state index contributed by atoms with van der Waals surface area (Å²) in [5, 5.41) is 0. The van der Waals surface area contributed by atoms with Crippen molar-refractivity contribution in [3.05, 3.63) is 35.6 Å². The van der Waals surface area contributed by atoms with E-state index in [9.17, 15) is 9.18 Å². The molecular formula is C15H19FO3. The Kier molecular flexibility index (Phi) is 4.53. The molecule has 19 heavy (non-hydrogen) atoms. The minimum Gasteiger partial charge on any atom is -0.464 e. The molecule has 1 aromatic rings. The van der Waals surface area contributed by atoms with Gasteiger partial charge in [0, 0.05) is 13.0 Å². The van der Waals surface area contributed by atoms with E-state index in [1.807, 2.05) is 0 Å². The van der Waals surface area contributed by atoms with Crippen LogP contribution in [-0.4, -0.2) is 24.8 Å². The molecule has 0 saturated carbocycles. The van der Waals surface area contributed by atoms with Gasteiger partial charge in [-0.1, -0.05) is 12.1 Å². The van der Waals surface area contributed by atoms with Gasteiger partial charge in [-0.05, 0) is 43.9 Å². The van der Waals surface area contributed by atoms with Crippen LogP contribution < -0.4 is 0 Å². The molecule has 4 heteroatoms. The number of carbonyl (C=O) groups is 1. The molecule has 1 saturated heterocycles. The van der Waals surface area contributed by atoms with Crippen molar-refractivity contribution in [1.82, 2.24) is 0 Å². The highest BCUT2D eigenvalue weighted by molar-refractivity contribution is 5.80. The Morgan fingerprint density at radius 1 is 1.37 bits per heavy atom. The lowest BCUT2D eigenvalue weighted by Gasteiger charge is -2.35. The molecule has 0 amide bonds. The molecule has 1 heterocycles. The summed E-state index contributed by atoms with van der Waals surface area (Å²) < 4.78 is 23.8. The van der Waals surface area contributed by atoms with Gasteiger partial charge in [-0.15, -0.1) is 0 Å². The van der Waals surface area contributed by atoms with Gasteiger partial charge in [0.1, 0.15) is 5.82 Å². The molecular weight excluding hydrogens is 247 g/mol. The molecule has 3 nitrogen and oxygen atoms in total. The predicted octanol–water partition coefficient (Wildman–Crippen LogP) is 2.87. The van der Waals surface area contributed by atoms with Crippen molar-refractivity contribution in [3.8, 4) is 0 Å². The van der Waals surface area contributed by atoms with Crippen molar-refractivity contribution in [2.24, 2.45) is 0 Å². The Bertz CT molecular complexity index is 422. The maximum atomic E-state index is 12.9. The van der Waals surface area contributed by atoms with E-state index in [0.29, 0.717) is 26.1 Å². The molecule has 0 spiro atoms. The third-order valence-electron chi connectivity index (χ3n) is 3.40. The van der Waals surface area contributed by atoms with Gasteiger partial charge >= 0.3 is 5.97 Å². The van der Waals surface area contributed by atoms with E-state index in [4.69, 9.17) is 9.47 Å². The maximum absolute atomic E-state index is 12.9. The Morgan fingerprint density at radius 3 is 2.68 bits per heavy atom. The number of benzene rings is 1. The summed E-state index contributed by atoms with van der Waals surface area (Å²) in [6, 6.07) is 6.18. The van der Waals surface area contributed by atoms with E-state index < -0.39 is 5.60 Å². The summed E-state index contributed by atoms with van der Waals surface area (Å²) in [5.41, 5.74) is -0.0112. The molecule has 1 fully saturated rings. The van der Waals surface area contributed by atoms with Crippen LogP contribution in [0.2, 0.25) is 0 Å². The van der Waals surface area contributed by atoms with Crippen molar-refractivity contribution in [2.45, 2.75) is 38.2 Å². The minimum absolute atomic E-state index is 0.279. The average molecular weight is 266 g/mol. The molecule has 1 atom stereocenters. The molecule has 0 aliphatic carbocycles. The SMILES string of the molecule is CCOC(=O)C1(Cc2ccc(F)cc2)CCCCO1. The van der Waals surface area contributed by atoms with Crippen LogP contribution in [0.1, 0.15) is 31.7 Å². The minimum atomic E-state index is -0.897. The van der Waals surface area contributed by atoms with Crippen molar-refractivity contribution < 1.29 is 18.7 Å². The van der Waals surface area contributed by atoms with Gasteiger partial charge in [0.25, 0.3) is 0 Å². The number of ether oxygens (including phenoxy) is 2. The molecule has 1 aromatic carbocycles. The molecule has 0 radical (unpaired) electrons. The lowest BCUT2D eigenvalue weighted by molar-refractivity contribution is -0.178. The molecule has 1 aliphatic heterocycles. The van der Waals surface area contributed by atoms with Crippen LogP contribution in [0.4, 0.5) is 4.39 Å². The third kappa shape index (κ3) is 3.32. The van der Waals surface area contributed by atoms with Gasteiger partial charge in [0.05, 0.1) is 6.61 Å². The fourth-order valence-corrected chi connectivity index (χ4v) is 2.42. The van der Waals surface area contributed by atoms with Gasteiger partial charge in [-0.3, -0.25) is 0 Å². The second-order valence-electron chi connectivity index (χ2n) is 4.82. The Morgan fingerprint density at radius 2 is 2.11 bits per heavy atom. The summed E-state index contributed by atoms with van der Waals surface area (Å²) in [5.74, 6) is -0.586. The summed E-state index contributed by atoms with van der Waals surface area (Å²) in [6.45, 7) is 2.69. The molecule has 0 N–H and O–H groups in total. The van der Waals surface area contributed by atoms with E-state index in [1.54, 1.807) is 19.1 Å². The molecule has 1 unspecified atom stereocenters. The first-order valence-electron chi connectivity index (χ1n) is 6.72. The standard InChI is InChI=1S/C15H19FO3/c1-2-18-14(17)15(9-3-4-10-19-15)11-12-5-7-13(16)8-6-12/h5-8H,2-4,9-11H2,1H3. The average Bonchev–Trinajstić information content (AvgIpc) is 2.43. The number of esters is 1. The van der Waals surface area contributed by atoms with Gasteiger partial charge in [0.2, 0.25) is 0 Å². The summed E-state index contributed by atoms with van der Waals surface area (Å²) >= 11 is 0. The number of rotatable bonds is 4. The molecule has 2 rings (SSSR count). The van der Waals surface area contributed by atoms with Crippen LogP contribution in [-0.2, 0) is 20.7 Å². The highest BCUT2D eigenvalue weighted by Crippen LogP contribution is 2.30. The Balaban J connectivity index is 2.17. The number of halogens is 1. The summed E-state index contributed by atoms with van der Waals surface area (Å²) in [4.78, 5) is 12.2. The largest absolute Gasteiger partial charge is 0.464 e. The first kappa shape index (κ1) is 14.0. The van der Waals surface area contributed by atoms with Crippen molar-refractivity contribution in [2.75, 3.05) is 13.2 Å². The fraction of sp³-hybridized carbons (Fsp3) is 0.533. The first-order chi connectivity index (χ1) is 9.16. The van der Waals surface area contributed by atoms with Crippen molar-refractivity contribution in [3.63, 3.8) is 0 Å². The topological polar surface area (TPSA) is 35.5 Å². The van der Waals surface area contributed by atoms with Crippen molar-refractivity contribution in [1.29, 1.82) is 0 Å². The van der Waals surface area contributed by atoms with Gasteiger partial charge in [-0.25, -0.2) is 9.18 Å². The monoisotopic (exact) mass is 266 g/mol. The lowest BCUT2D eigenvalue weighted by atomic mass is 9.87. The molecule has 0 bridgehead atoms. The zero-order valence-corrected chi connectivity index (χ0v) is 11.2. The zero-order chi connectivity index (χ0) is 13.7. The second-order valence-corrected chi connectivity index (χ2v) is 4.82. The molecule has 0 aromatic heterocycles. The zero-order valence-electron chi connectivity index (χ0n) is 11.2. The maximum Gasteiger partial charge on any atom is 0.338 e. The molecule has 1 aliphatic rings. The van der Waals surface area contributed by atoms with Crippen LogP contribution in [0.5, 0.6) is 0 Å². The van der Waals surface area contributed by atoms with E-state index in [1.165, 1.54) is 12.1 Å². The normalized spacial score (nSPS) is 23.1. The van der Waals surface area contributed by atoms with Gasteiger partial charge < -0.3 is 9.47 Å². The van der Waals surface area contributed by atoms with E-state index >= 15 is 0 Å². The number of carbonyl (C=O) groups excluding carboxylic acids is 1. The first-order valence-corrected chi connectivity index (χ1v) is 6.72. The van der Waals surface area contributed by atoms with Crippen molar-refractivity contribution >= 4 is 5.97 Å². The number of hydrogen-bond acceptors (Lipinski definition) is 3. The smallest absolute Gasteiger partial charge is 0.338 e. The fourth-order valence-electron chi connectivity index (χ4n) is 2.42. The highest BCUT2D eigenvalue weighted by Gasteiger charge is 2.42. The van der Waals surface area contributed by atoms with E-state index in [0.717, 1.165) is 18.4 Å². The third-order valence-corrected chi connectivity index (χ3v) is 3.40. The summed E-state index contributed by atoms with van der Waals surface area (Å²) in [6.07, 6.45) is 3.00. The molecule has 104 valence electrons. The van der Waals surface area contributed by atoms with Crippen LogP contribution in [0.3, 0.4) is 0 Å². The van der Waals surface area contributed by atoms with Crippen LogP contribution in [0.25, 0.3) is 0 Å². The van der Waals surface area contributed by atoms with Crippen LogP contribution in [0.15, 0.2) is 24.3 Å². The number of hydrogen-bond donors (Lipinski definition) is 0. The van der Waals surface area contributed by atoms with E-state index in [-0.39, 0.29) is 11.8 Å². The lowest BCUT2D eigenvalue weighted by Crippen LogP contribution is -2.47. The summed E-state index contributed by atoms with van der Waals surface area (Å²) in [7, 11) is 0. The predicted molar refractivity (Wildman–Crippen MR) is 69.3 cm³/mol. The van der Waals surface area contributed by atoms with E-state index in [2.05, 4.69) is 0 Å². The second kappa shape index (κ2) is 6.15. The van der Waals surface area contributed by atoms with Gasteiger partial charge in [0.15, 0.2) is 5.60 Å². The van der Waals surface area contributed by atoms with Crippen LogP contribution >= 0.6 is 0 Å². The quantitative estimate of drug-likeness (QED) is 0.786.